The SMILES string of the molecule is CC(C)=CCNCC(C)(C)C(C)C. The van der Waals surface area contributed by atoms with E-state index in [-0.39, 0.29) is 0 Å². The van der Waals surface area contributed by atoms with Crippen LogP contribution < -0.4 is 5.32 Å². The van der Waals surface area contributed by atoms with Crippen molar-refractivity contribution < 1.29 is 0 Å². The van der Waals surface area contributed by atoms with E-state index in [4.69, 9.17) is 0 Å². The number of hydrogen-bond donors (Lipinski definition) is 1. The van der Waals surface area contributed by atoms with Gasteiger partial charge in [-0.05, 0) is 25.2 Å². The number of allylic oxidation sites excluding steroid dienone is 1. The van der Waals surface area contributed by atoms with Crippen molar-refractivity contribution in [1.82, 2.24) is 5.32 Å². The highest BCUT2D eigenvalue weighted by Crippen LogP contribution is 2.24. The van der Waals surface area contributed by atoms with Crippen molar-refractivity contribution in [2.45, 2.75) is 41.5 Å². The van der Waals surface area contributed by atoms with E-state index < -0.39 is 0 Å². The summed E-state index contributed by atoms with van der Waals surface area (Å²) in [4.78, 5) is 0. The fourth-order valence-electron chi connectivity index (χ4n) is 0.875. The van der Waals surface area contributed by atoms with Crippen LogP contribution in [0.15, 0.2) is 11.6 Å². The Kier molecular flexibility index (Phi) is 5.31. The van der Waals surface area contributed by atoms with E-state index in [9.17, 15) is 0 Å². The second kappa shape index (κ2) is 5.43. The third-order valence-electron chi connectivity index (χ3n) is 2.80. The highest BCUT2D eigenvalue weighted by molar-refractivity contribution is 4.94. The van der Waals surface area contributed by atoms with Gasteiger partial charge in [0.1, 0.15) is 0 Å². The average Bonchev–Trinajstić information content (AvgIpc) is 1.97. The van der Waals surface area contributed by atoms with Crippen molar-refractivity contribution in [3.63, 3.8) is 0 Å². The molecule has 78 valence electrons. The minimum atomic E-state index is 0.398. The van der Waals surface area contributed by atoms with Gasteiger partial charge in [-0.25, -0.2) is 0 Å². The van der Waals surface area contributed by atoms with Crippen molar-refractivity contribution in [3.05, 3.63) is 11.6 Å². The smallest absolute Gasteiger partial charge is 0.0137 e. The van der Waals surface area contributed by atoms with Gasteiger partial charge < -0.3 is 5.32 Å². The van der Waals surface area contributed by atoms with Crippen LogP contribution in [0.2, 0.25) is 0 Å². The topological polar surface area (TPSA) is 12.0 Å². The fourth-order valence-corrected chi connectivity index (χ4v) is 0.875. The number of hydrogen-bond acceptors (Lipinski definition) is 1. The normalized spacial score (nSPS) is 11.9. The Morgan fingerprint density at radius 2 is 1.85 bits per heavy atom. The quantitative estimate of drug-likeness (QED) is 0.510. The van der Waals surface area contributed by atoms with Crippen molar-refractivity contribution in [2.75, 3.05) is 13.1 Å². The molecule has 0 atom stereocenters. The Bertz CT molecular complexity index is 162. The van der Waals surface area contributed by atoms with E-state index in [0.29, 0.717) is 5.41 Å². The Morgan fingerprint density at radius 1 is 1.31 bits per heavy atom. The summed E-state index contributed by atoms with van der Waals surface area (Å²) < 4.78 is 0. The molecule has 0 amide bonds. The molecule has 1 N–H and O–H groups in total. The molecule has 1 heteroatoms. The number of nitrogens with one attached hydrogen (secondary N) is 1. The predicted octanol–water partition coefficient (Wildman–Crippen LogP) is 3.22. The summed E-state index contributed by atoms with van der Waals surface area (Å²) in [5.41, 5.74) is 1.78. The molecular formula is C12H25N. The minimum Gasteiger partial charge on any atom is -0.313 e. The van der Waals surface area contributed by atoms with Gasteiger partial charge in [0.05, 0.1) is 0 Å². The number of rotatable bonds is 5. The van der Waals surface area contributed by atoms with Crippen molar-refractivity contribution in [1.29, 1.82) is 0 Å². The lowest BCUT2D eigenvalue weighted by molar-refractivity contribution is 0.241. The predicted molar refractivity (Wildman–Crippen MR) is 60.9 cm³/mol. The van der Waals surface area contributed by atoms with Crippen LogP contribution >= 0.6 is 0 Å². The minimum absolute atomic E-state index is 0.398. The highest BCUT2D eigenvalue weighted by Gasteiger charge is 2.20. The fraction of sp³-hybridized carbons (Fsp3) is 0.833. The third kappa shape index (κ3) is 5.87. The molecular weight excluding hydrogens is 158 g/mol. The molecule has 1 nitrogen and oxygen atoms in total. The first-order chi connectivity index (χ1) is 5.86. The molecule has 0 aliphatic heterocycles. The zero-order valence-electron chi connectivity index (χ0n) is 10.1. The van der Waals surface area contributed by atoms with Crippen LogP contribution in [0.25, 0.3) is 0 Å². The third-order valence-corrected chi connectivity index (χ3v) is 2.80. The van der Waals surface area contributed by atoms with Gasteiger partial charge in [0, 0.05) is 13.1 Å². The Morgan fingerprint density at radius 3 is 2.23 bits per heavy atom. The molecule has 0 aromatic heterocycles. The monoisotopic (exact) mass is 183 g/mol. The van der Waals surface area contributed by atoms with E-state index in [1.54, 1.807) is 0 Å². The summed E-state index contributed by atoms with van der Waals surface area (Å²) >= 11 is 0. The van der Waals surface area contributed by atoms with Crippen LogP contribution in [0.4, 0.5) is 0 Å². The van der Waals surface area contributed by atoms with E-state index in [1.165, 1.54) is 5.57 Å². The van der Waals surface area contributed by atoms with Gasteiger partial charge in [-0.2, -0.15) is 0 Å². The standard InChI is InChI=1S/C12H25N/c1-10(2)7-8-13-9-12(5,6)11(3)4/h7,11,13H,8-9H2,1-6H3. The second-order valence-electron chi connectivity index (χ2n) is 5.06. The largest absolute Gasteiger partial charge is 0.313 e. The van der Waals surface area contributed by atoms with E-state index in [0.717, 1.165) is 19.0 Å². The molecule has 0 spiro atoms. The zero-order chi connectivity index (χ0) is 10.5. The van der Waals surface area contributed by atoms with Crippen LogP contribution in [-0.4, -0.2) is 13.1 Å². The van der Waals surface area contributed by atoms with Crippen LogP contribution in [-0.2, 0) is 0 Å². The summed E-state index contributed by atoms with van der Waals surface area (Å²) in [6.45, 7) is 15.5. The van der Waals surface area contributed by atoms with Crippen molar-refractivity contribution >= 4 is 0 Å². The van der Waals surface area contributed by atoms with E-state index >= 15 is 0 Å². The van der Waals surface area contributed by atoms with Crippen LogP contribution in [0.5, 0.6) is 0 Å². The molecule has 0 rings (SSSR count). The molecule has 0 saturated heterocycles. The van der Waals surface area contributed by atoms with E-state index in [1.807, 2.05) is 0 Å². The van der Waals surface area contributed by atoms with E-state index in [2.05, 4.69) is 52.9 Å². The highest BCUT2D eigenvalue weighted by atomic mass is 14.9. The van der Waals surface area contributed by atoms with Gasteiger partial charge in [-0.15, -0.1) is 0 Å². The molecule has 0 aromatic carbocycles. The summed E-state index contributed by atoms with van der Waals surface area (Å²) in [7, 11) is 0. The Labute approximate surface area is 83.6 Å². The molecule has 0 bridgehead atoms. The Hall–Kier alpha value is -0.300. The van der Waals surface area contributed by atoms with Gasteiger partial charge in [0.25, 0.3) is 0 Å². The summed E-state index contributed by atoms with van der Waals surface area (Å²) in [6.07, 6.45) is 2.23. The molecule has 0 aliphatic rings. The molecule has 0 heterocycles. The van der Waals surface area contributed by atoms with Crippen LogP contribution in [0.3, 0.4) is 0 Å². The van der Waals surface area contributed by atoms with Gasteiger partial charge in [0.2, 0.25) is 0 Å². The molecule has 13 heavy (non-hydrogen) atoms. The molecule has 0 fully saturated rings. The molecule has 0 saturated carbocycles. The second-order valence-corrected chi connectivity index (χ2v) is 5.06. The maximum absolute atomic E-state index is 3.46. The maximum atomic E-state index is 3.46. The molecule has 0 radical (unpaired) electrons. The lowest BCUT2D eigenvalue weighted by Gasteiger charge is -2.29. The first-order valence-electron chi connectivity index (χ1n) is 5.20. The molecule has 0 aliphatic carbocycles. The summed E-state index contributed by atoms with van der Waals surface area (Å²) in [5, 5.41) is 3.46. The first kappa shape index (κ1) is 12.7. The van der Waals surface area contributed by atoms with Crippen molar-refractivity contribution in [2.24, 2.45) is 11.3 Å². The van der Waals surface area contributed by atoms with Gasteiger partial charge >= 0.3 is 0 Å². The zero-order valence-corrected chi connectivity index (χ0v) is 10.1. The maximum Gasteiger partial charge on any atom is 0.0137 e. The van der Waals surface area contributed by atoms with Crippen molar-refractivity contribution in [3.8, 4) is 0 Å². The van der Waals surface area contributed by atoms with Gasteiger partial charge in [0.15, 0.2) is 0 Å². The Balaban J connectivity index is 3.70. The summed E-state index contributed by atoms with van der Waals surface area (Å²) in [5.74, 6) is 0.728. The van der Waals surface area contributed by atoms with Gasteiger partial charge in [-0.1, -0.05) is 39.3 Å². The lowest BCUT2D eigenvalue weighted by Crippen LogP contribution is -2.33. The van der Waals surface area contributed by atoms with Gasteiger partial charge in [-0.3, -0.25) is 0 Å². The molecule has 0 unspecified atom stereocenters. The molecule has 0 aromatic rings. The summed E-state index contributed by atoms with van der Waals surface area (Å²) in [6, 6.07) is 0. The average molecular weight is 183 g/mol. The first-order valence-corrected chi connectivity index (χ1v) is 5.20. The lowest BCUT2D eigenvalue weighted by atomic mass is 9.81. The van der Waals surface area contributed by atoms with Crippen LogP contribution in [0, 0.1) is 11.3 Å². The van der Waals surface area contributed by atoms with Crippen LogP contribution in [0.1, 0.15) is 41.5 Å².